The normalized spacial score (nSPS) is 19.1. The summed E-state index contributed by atoms with van der Waals surface area (Å²) in [6.07, 6.45) is 9.44. The highest BCUT2D eigenvalue weighted by molar-refractivity contribution is 6.30. The molecule has 0 bridgehead atoms. The van der Waals surface area contributed by atoms with Crippen molar-refractivity contribution < 1.29 is 9.18 Å². The van der Waals surface area contributed by atoms with E-state index in [1.807, 2.05) is 50.5 Å². The molecule has 2 aromatic rings. The zero-order valence-corrected chi connectivity index (χ0v) is 18.2. The first-order valence-electron chi connectivity index (χ1n) is 10.1. The quantitative estimate of drug-likeness (QED) is 0.535. The van der Waals surface area contributed by atoms with Gasteiger partial charge in [0.15, 0.2) is 0 Å². The lowest BCUT2D eigenvalue weighted by Gasteiger charge is -2.29. The first-order chi connectivity index (χ1) is 13.9. The predicted octanol–water partition coefficient (Wildman–Crippen LogP) is 6.96. The Hall–Kier alpha value is -2.20. The molecule has 3 nitrogen and oxygen atoms in total. The number of halogens is 2. The SMILES string of the molecule is C/C(F)=C\c1c(C2CCC(CC=O)CC2)ccnc1C.CNc1ccc(Cl)cc1. The molecule has 1 N–H and O–H groups in total. The van der Waals surface area contributed by atoms with E-state index in [2.05, 4.69) is 10.3 Å². The molecule has 1 aromatic carbocycles. The van der Waals surface area contributed by atoms with E-state index < -0.39 is 0 Å². The maximum atomic E-state index is 13.3. The van der Waals surface area contributed by atoms with E-state index in [0.29, 0.717) is 18.3 Å². The molecule has 156 valence electrons. The maximum absolute atomic E-state index is 13.3. The number of benzene rings is 1. The van der Waals surface area contributed by atoms with Gasteiger partial charge in [0.05, 0.1) is 5.83 Å². The van der Waals surface area contributed by atoms with Crippen molar-refractivity contribution >= 4 is 29.7 Å². The second-order valence-corrected chi connectivity index (χ2v) is 7.94. The highest BCUT2D eigenvalue weighted by Gasteiger charge is 2.24. The third kappa shape index (κ3) is 7.28. The Morgan fingerprint density at radius 2 is 1.86 bits per heavy atom. The molecule has 0 unspecified atom stereocenters. The summed E-state index contributed by atoms with van der Waals surface area (Å²) in [5, 5.41) is 3.77. The van der Waals surface area contributed by atoms with E-state index in [0.717, 1.165) is 53.9 Å². The lowest BCUT2D eigenvalue weighted by atomic mass is 9.76. The average molecular weight is 417 g/mol. The van der Waals surface area contributed by atoms with E-state index in [4.69, 9.17) is 11.6 Å². The van der Waals surface area contributed by atoms with Crippen LogP contribution in [0.25, 0.3) is 6.08 Å². The third-order valence-corrected chi connectivity index (χ3v) is 5.67. The summed E-state index contributed by atoms with van der Waals surface area (Å²) in [7, 11) is 1.88. The molecule has 0 radical (unpaired) electrons. The summed E-state index contributed by atoms with van der Waals surface area (Å²) in [5.74, 6) is 0.816. The number of aryl methyl sites for hydroxylation is 1. The molecule has 0 aliphatic heterocycles. The molecule has 1 aliphatic carbocycles. The molecule has 1 heterocycles. The Morgan fingerprint density at radius 1 is 1.21 bits per heavy atom. The zero-order valence-electron chi connectivity index (χ0n) is 17.4. The van der Waals surface area contributed by atoms with E-state index in [1.165, 1.54) is 12.5 Å². The molecular weight excluding hydrogens is 387 g/mol. The molecule has 5 heteroatoms. The topological polar surface area (TPSA) is 42.0 Å². The van der Waals surface area contributed by atoms with Crippen molar-refractivity contribution in [1.82, 2.24) is 4.98 Å². The Labute approximate surface area is 178 Å². The van der Waals surface area contributed by atoms with Crippen LogP contribution in [0.4, 0.5) is 10.1 Å². The van der Waals surface area contributed by atoms with Gasteiger partial charge in [-0.15, -0.1) is 0 Å². The molecular formula is C24H30ClFN2O. The number of carbonyl (C=O) groups is 1. The molecule has 0 amide bonds. The number of pyridine rings is 1. The fourth-order valence-electron chi connectivity index (χ4n) is 3.80. The molecule has 1 aromatic heterocycles. The summed E-state index contributed by atoms with van der Waals surface area (Å²) in [4.78, 5) is 14.9. The van der Waals surface area contributed by atoms with Crippen molar-refractivity contribution in [2.24, 2.45) is 5.92 Å². The number of aldehydes is 1. The lowest BCUT2D eigenvalue weighted by Crippen LogP contribution is -2.15. The van der Waals surface area contributed by atoms with Gasteiger partial charge in [-0.2, -0.15) is 0 Å². The van der Waals surface area contributed by atoms with Gasteiger partial charge in [-0.25, -0.2) is 4.39 Å². The van der Waals surface area contributed by atoms with Crippen LogP contribution in [-0.2, 0) is 4.79 Å². The van der Waals surface area contributed by atoms with Crippen LogP contribution in [-0.4, -0.2) is 18.3 Å². The van der Waals surface area contributed by atoms with Crippen LogP contribution in [0.2, 0.25) is 5.02 Å². The van der Waals surface area contributed by atoms with Crippen LogP contribution in [0.5, 0.6) is 0 Å². The van der Waals surface area contributed by atoms with Gasteiger partial charge in [-0.3, -0.25) is 4.98 Å². The van der Waals surface area contributed by atoms with E-state index in [-0.39, 0.29) is 5.83 Å². The first kappa shape index (κ1) is 23.1. The van der Waals surface area contributed by atoms with Crippen molar-refractivity contribution in [1.29, 1.82) is 0 Å². The number of nitrogens with one attached hydrogen (secondary N) is 1. The van der Waals surface area contributed by atoms with Crippen molar-refractivity contribution in [3.63, 3.8) is 0 Å². The molecule has 1 aliphatic rings. The Kier molecular flexibility index (Phi) is 9.33. The van der Waals surface area contributed by atoms with Crippen LogP contribution in [0.1, 0.15) is 61.8 Å². The van der Waals surface area contributed by atoms with Gasteiger partial charge in [-0.1, -0.05) is 11.6 Å². The summed E-state index contributed by atoms with van der Waals surface area (Å²) in [6, 6.07) is 9.60. The van der Waals surface area contributed by atoms with Crippen LogP contribution >= 0.6 is 11.6 Å². The van der Waals surface area contributed by atoms with Gasteiger partial charge >= 0.3 is 0 Å². The second kappa shape index (κ2) is 11.7. The maximum Gasteiger partial charge on any atom is 0.120 e. The van der Waals surface area contributed by atoms with Gasteiger partial charge in [-0.05, 0) is 93.3 Å². The minimum Gasteiger partial charge on any atom is -0.388 e. The van der Waals surface area contributed by atoms with Gasteiger partial charge in [0.1, 0.15) is 6.29 Å². The highest BCUT2D eigenvalue weighted by atomic mass is 35.5. The van der Waals surface area contributed by atoms with E-state index in [9.17, 15) is 9.18 Å². The summed E-state index contributed by atoms with van der Waals surface area (Å²) in [5.41, 5.74) is 4.11. The molecule has 1 saturated carbocycles. The molecule has 0 saturated heterocycles. The van der Waals surface area contributed by atoms with Crippen molar-refractivity contribution in [2.45, 2.75) is 51.9 Å². The monoisotopic (exact) mass is 416 g/mol. The molecule has 3 rings (SSSR count). The zero-order chi connectivity index (χ0) is 21.2. The minimum absolute atomic E-state index is 0.183. The summed E-state index contributed by atoms with van der Waals surface area (Å²) < 4.78 is 13.3. The van der Waals surface area contributed by atoms with Crippen molar-refractivity contribution in [3.8, 4) is 0 Å². The largest absolute Gasteiger partial charge is 0.388 e. The van der Waals surface area contributed by atoms with E-state index >= 15 is 0 Å². The van der Waals surface area contributed by atoms with Gasteiger partial charge in [0.25, 0.3) is 0 Å². The number of allylic oxidation sites excluding steroid dienone is 1. The number of hydrogen-bond acceptors (Lipinski definition) is 3. The number of rotatable bonds is 5. The minimum atomic E-state index is -0.183. The summed E-state index contributed by atoms with van der Waals surface area (Å²) in [6.45, 7) is 3.40. The standard InChI is InChI=1S/C17H22FNO.C7H8ClN/c1-12(18)11-17-13(2)19-9-7-16(17)15-5-3-14(4-6-15)8-10-20;1-9-7-4-2-6(8)3-5-7/h7,9-11,14-15H,3-6,8H2,1-2H3;2-5,9H,1H3/b12-11+;. The smallest absolute Gasteiger partial charge is 0.120 e. The summed E-state index contributed by atoms with van der Waals surface area (Å²) >= 11 is 5.64. The van der Waals surface area contributed by atoms with Crippen molar-refractivity contribution in [2.75, 3.05) is 12.4 Å². The van der Waals surface area contributed by atoms with Crippen molar-refractivity contribution in [3.05, 3.63) is 64.2 Å². The Morgan fingerprint density at radius 3 is 2.41 bits per heavy atom. The molecule has 0 spiro atoms. The molecule has 1 fully saturated rings. The second-order valence-electron chi connectivity index (χ2n) is 7.51. The predicted molar refractivity (Wildman–Crippen MR) is 120 cm³/mol. The van der Waals surface area contributed by atoms with Crippen LogP contribution in [0.15, 0.2) is 42.4 Å². The highest BCUT2D eigenvalue weighted by Crippen LogP contribution is 2.38. The fraction of sp³-hybridized carbons (Fsp3) is 0.417. The Bertz CT molecular complexity index is 808. The van der Waals surface area contributed by atoms with Crippen LogP contribution in [0.3, 0.4) is 0 Å². The lowest BCUT2D eigenvalue weighted by molar-refractivity contribution is -0.108. The molecule has 0 atom stereocenters. The number of anilines is 1. The number of nitrogens with zero attached hydrogens (tertiary/aromatic N) is 1. The first-order valence-corrected chi connectivity index (χ1v) is 10.5. The molecule has 29 heavy (non-hydrogen) atoms. The third-order valence-electron chi connectivity index (χ3n) is 5.42. The van der Waals surface area contributed by atoms with E-state index in [1.54, 1.807) is 6.08 Å². The van der Waals surface area contributed by atoms with Gasteiger partial charge in [0, 0.05) is 41.6 Å². The number of carbonyl (C=O) groups excluding carboxylic acids is 1. The number of hydrogen-bond donors (Lipinski definition) is 1. The fourth-order valence-corrected chi connectivity index (χ4v) is 3.93. The Balaban J connectivity index is 0.000000278. The number of aromatic nitrogens is 1. The van der Waals surface area contributed by atoms with Gasteiger partial charge in [0.2, 0.25) is 0 Å². The van der Waals surface area contributed by atoms with Crippen LogP contribution < -0.4 is 5.32 Å². The van der Waals surface area contributed by atoms with Crippen LogP contribution in [0, 0.1) is 12.8 Å². The average Bonchev–Trinajstić information content (AvgIpc) is 2.71. The van der Waals surface area contributed by atoms with Gasteiger partial charge < -0.3 is 10.1 Å².